The van der Waals surface area contributed by atoms with Gasteiger partial charge in [-0.2, -0.15) is 0 Å². The lowest BCUT2D eigenvalue weighted by molar-refractivity contribution is 0.101. The zero-order valence-corrected chi connectivity index (χ0v) is 15.5. The summed E-state index contributed by atoms with van der Waals surface area (Å²) >= 11 is 7.37. The van der Waals surface area contributed by atoms with Crippen molar-refractivity contribution in [3.63, 3.8) is 0 Å². The molecule has 0 radical (unpaired) electrons. The number of ether oxygens (including phenoxy) is 2. The normalized spacial score (nSPS) is 10.5. The van der Waals surface area contributed by atoms with E-state index in [1.807, 2.05) is 18.2 Å². The summed E-state index contributed by atoms with van der Waals surface area (Å²) < 4.78 is 24.4. The van der Waals surface area contributed by atoms with Crippen LogP contribution in [0.3, 0.4) is 0 Å². The molecule has 5 nitrogen and oxygen atoms in total. The molecule has 1 aromatic heterocycles. The molecule has 0 aliphatic heterocycles. The second kappa shape index (κ2) is 7.72. The average molecular weight is 393 g/mol. The van der Waals surface area contributed by atoms with E-state index in [0.29, 0.717) is 15.8 Å². The lowest BCUT2D eigenvalue weighted by atomic mass is 10.1. The van der Waals surface area contributed by atoms with Crippen LogP contribution in [0.25, 0.3) is 11.3 Å². The highest BCUT2D eigenvalue weighted by molar-refractivity contribution is 7.14. The third kappa shape index (κ3) is 3.49. The van der Waals surface area contributed by atoms with E-state index in [1.165, 1.54) is 31.6 Å². The molecule has 0 unspecified atom stereocenters. The van der Waals surface area contributed by atoms with Crippen LogP contribution in [0, 0.1) is 5.82 Å². The SMILES string of the molecule is COc1ccc(F)c(C(=O)Nc2nc(-c3ccccc3Cl)cs2)c1OC. The van der Waals surface area contributed by atoms with Gasteiger partial charge in [0.1, 0.15) is 11.4 Å². The summed E-state index contributed by atoms with van der Waals surface area (Å²) in [5.74, 6) is -1.12. The number of nitrogens with zero attached hydrogens (tertiary/aromatic N) is 1. The third-order valence-electron chi connectivity index (χ3n) is 3.60. The number of nitrogens with one attached hydrogen (secondary N) is 1. The number of carbonyl (C=O) groups is 1. The maximum atomic E-state index is 14.2. The van der Waals surface area contributed by atoms with Gasteiger partial charge in [0.15, 0.2) is 16.6 Å². The molecule has 0 saturated heterocycles. The summed E-state index contributed by atoms with van der Waals surface area (Å²) in [7, 11) is 2.75. The first kappa shape index (κ1) is 18.2. The Morgan fingerprint density at radius 3 is 2.65 bits per heavy atom. The molecule has 0 atom stereocenters. The Morgan fingerprint density at radius 2 is 1.96 bits per heavy atom. The fourth-order valence-electron chi connectivity index (χ4n) is 2.40. The van der Waals surface area contributed by atoms with Crippen molar-refractivity contribution in [3.05, 3.63) is 58.2 Å². The Kier molecular flexibility index (Phi) is 5.39. The Balaban J connectivity index is 1.89. The number of hydrogen-bond donors (Lipinski definition) is 1. The van der Waals surface area contributed by atoms with Crippen LogP contribution in [-0.4, -0.2) is 25.1 Å². The van der Waals surface area contributed by atoms with Crippen LogP contribution in [0.4, 0.5) is 9.52 Å². The van der Waals surface area contributed by atoms with Crippen LogP contribution in [0.2, 0.25) is 5.02 Å². The molecule has 0 aliphatic rings. The molecule has 0 saturated carbocycles. The summed E-state index contributed by atoms with van der Waals surface area (Å²) in [6, 6.07) is 9.78. The summed E-state index contributed by atoms with van der Waals surface area (Å²) in [5.41, 5.74) is 1.12. The Bertz CT molecular complexity index is 961. The van der Waals surface area contributed by atoms with Gasteiger partial charge in [-0.05, 0) is 18.2 Å². The number of methoxy groups -OCH3 is 2. The van der Waals surface area contributed by atoms with Crippen molar-refractivity contribution in [2.45, 2.75) is 0 Å². The van der Waals surface area contributed by atoms with E-state index in [9.17, 15) is 9.18 Å². The van der Waals surface area contributed by atoms with E-state index in [1.54, 1.807) is 11.4 Å². The molecule has 8 heteroatoms. The first-order chi connectivity index (χ1) is 12.5. The molecule has 3 aromatic rings. The van der Waals surface area contributed by atoms with Crippen molar-refractivity contribution >= 4 is 34.0 Å². The fourth-order valence-corrected chi connectivity index (χ4v) is 3.34. The van der Waals surface area contributed by atoms with Crippen molar-refractivity contribution in [3.8, 4) is 22.8 Å². The molecule has 134 valence electrons. The minimum atomic E-state index is -0.719. The second-order valence-corrected chi connectivity index (χ2v) is 6.40. The lowest BCUT2D eigenvalue weighted by Crippen LogP contribution is -2.15. The molecule has 2 aromatic carbocycles. The van der Waals surface area contributed by atoms with Crippen molar-refractivity contribution in [2.24, 2.45) is 0 Å². The number of anilines is 1. The molecule has 1 amide bonds. The Hall–Kier alpha value is -2.64. The van der Waals surface area contributed by atoms with Crippen LogP contribution < -0.4 is 14.8 Å². The highest BCUT2D eigenvalue weighted by Gasteiger charge is 2.23. The van der Waals surface area contributed by atoms with Crippen LogP contribution in [0.15, 0.2) is 41.8 Å². The predicted molar refractivity (Wildman–Crippen MR) is 100 cm³/mol. The average Bonchev–Trinajstić information content (AvgIpc) is 3.09. The highest BCUT2D eigenvalue weighted by Crippen LogP contribution is 2.34. The van der Waals surface area contributed by atoms with Gasteiger partial charge < -0.3 is 9.47 Å². The summed E-state index contributed by atoms with van der Waals surface area (Å²) in [6.07, 6.45) is 0. The first-order valence-corrected chi connectivity index (χ1v) is 8.73. The highest BCUT2D eigenvalue weighted by atomic mass is 35.5. The van der Waals surface area contributed by atoms with Gasteiger partial charge in [0.05, 0.1) is 19.9 Å². The number of thiazole rings is 1. The molecular weight excluding hydrogens is 379 g/mol. The van der Waals surface area contributed by atoms with E-state index in [-0.39, 0.29) is 17.1 Å². The molecule has 0 fully saturated rings. The molecule has 26 heavy (non-hydrogen) atoms. The van der Waals surface area contributed by atoms with Crippen molar-refractivity contribution in [2.75, 3.05) is 19.5 Å². The second-order valence-electron chi connectivity index (χ2n) is 5.13. The van der Waals surface area contributed by atoms with Gasteiger partial charge in [0.25, 0.3) is 5.91 Å². The number of halogens is 2. The maximum absolute atomic E-state index is 14.2. The number of rotatable bonds is 5. The fraction of sp³-hybridized carbons (Fsp3) is 0.111. The number of benzene rings is 2. The largest absolute Gasteiger partial charge is 0.493 e. The molecule has 0 spiro atoms. The van der Waals surface area contributed by atoms with E-state index in [0.717, 1.165) is 11.6 Å². The van der Waals surface area contributed by atoms with Crippen LogP contribution in [0.1, 0.15) is 10.4 Å². The van der Waals surface area contributed by atoms with Crippen LogP contribution in [0.5, 0.6) is 11.5 Å². The Labute approximate surface area is 158 Å². The van der Waals surface area contributed by atoms with Gasteiger partial charge in [0.2, 0.25) is 0 Å². The number of amides is 1. The molecule has 1 heterocycles. The molecule has 1 N–H and O–H groups in total. The molecule has 3 rings (SSSR count). The number of carbonyl (C=O) groups excluding carboxylic acids is 1. The molecule has 0 aliphatic carbocycles. The first-order valence-electron chi connectivity index (χ1n) is 7.47. The molecule has 0 bridgehead atoms. The standard InChI is InChI=1S/C18H14ClFN2O3S/c1-24-14-8-7-12(20)15(16(14)25-2)17(23)22-18-21-13(9-26-18)10-5-3-4-6-11(10)19/h3-9H,1-2H3,(H,21,22,23). The lowest BCUT2D eigenvalue weighted by Gasteiger charge is -2.12. The van der Waals surface area contributed by atoms with Crippen molar-refractivity contribution < 1.29 is 18.7 Å². The van der Waals surface area contributed by atoms with E-state index in [4.69, 9.17) is 21.1 Å². The summed E-state index contributed by atoms with van der Waals surface area (Å²) in [5, 5.41) is 5.21. The quantitative estimate of drug-likeness (QED) is 0.672. The monoisotopic (exact) mass is 392 g/mol. The van der Waals surface area contributed by atoms with Gasteiger partial charge in [-0.15, -0.1) is 11.3 Å². The topological polar surface area (TPSA) is 60.5 Å². The van der Waals surface area contributed by atoms with Gasteiger partial charge in [-0.25, -0.2) is 9.37 Å². The smallest absolute Gasteiger partial charge is 0.264 e. The van der Waals surface area contributed by atoms with E-state index in [2.05, 4.69) is 10.3 Å². The van der Waals surface area contributed by atoms with E-state index >= 15 is 0 Å². The van der Waals surface area contributed by atoms with E-state index < -0.39 is 11.7 Å². The minimum absolute atomic E-state index is 0.0212. The zero-order valence-electron chi connectivity index (χ0n) is 13.9. The summed E-state index contributed by atoms with van der Waals surface area (Å²) in [4.78, 5) is 16.9. The van der Waals surface area contributed by atoms with Gasteiger partial charge in [-0.1, -0.05) is 29.8 Å². The number of aromatic nitrogens is 1. The minimum Gasteiger partial charge on any atom is -0.493 e. The molecular formula is C18H14ClFN2O3S. The predicted octanol–water partition coefficient (Wildman–Crippen LogP) is 4.87. The maximum Gasteiger partial charge on any atom is 0.264 e. The van der Waals surface area contributed by atoms with Crippen molar-refractivity contribution in [1.29, 1.82) is 0 Å². The zero-order chi connectivity index (χ0) is 18.7. The van der Waals surface area contributed by atoms with Crippen molar-refractivity contribution in [1.82, 2.24) is 4.98 Å². The van der Waals surface area contributed by atoms with Gasteiger partial charge in [0, 0.05) is 16.0 Å². The van der Waals surface area contributed by atoms with Gasteiger partial charge in [-0.3, -0.25) is 10.1 Å². The van der Waals surface area contributed by atoms with Crippen LogP contribution >= 0.6 is 22.9 Å². The summed E-state index contributed by atoms with van der Waals surface area (Å²) in [6.45, 7) is 0. The van der Waals surface area contributed by atoms with Gasteiger partial charge >= 0.3 is 0 Å². The Morgan fingerprint density at radius 1 is 1.19 bits per heavy atom. The number of hydrogen-bond acceptors (Lipinski definition) is 5. The van der Waals surface area contributed by atoms with Crippen LogP contribution in [-0.2, 0) is 0 Å². The third-order valence-corrected chi connectivity index (χ3v) is 4.68.